The van der Waals surface area contributed by atoms with Crippen LogP contribution >= 0.6 is 11.6 Å². The predicted molar refractivity (Wildman–Crippen MR) is 132 cm³/mol. The van der Waals surface area contributed by atoms with Crippen molar-refractivity contribution in [3.8, 4) is 6.07 Å². The third-order valence-electron chi connectivity index (χ3n) is 5.89. The van der Waals surface area contributed by atoms with Gasteiger partial charge in [-0.15, -0.1) is 0 Å². The highest BCUT2D eigenvalue weighted by molar-refractivity contribution is 6.33. The molecule has 0 spiro atoms. The minimum Gasteiger partial charge on any atom is -0.397 e. The van der Waals surface area contributed by atoms with Crippen molar-refractivity contribution < 1.29 is 5.11 Å². The Kier molecular flexibility index (Phi) is 6.84. The summed E-state index contributed by atoms with van der Waals surface area (Å²) in [6.07, 6.45) is 4.82. The van der Waals surface area contributed by atoms with Crippen LogP contribution in [0.5, 0.6) is 0 Å². The summed E-state index contributed by atoms with van der Waals surface area (Å²) in [5, 5.41) is 18.8. The number of H-pyrrole nitrogens is 1. The average molecular weight is 480 g/mol. The molecule has 0 radical (unpaired) electrons. The lowest BCUT2D eigenvalue weighted by atomic mass is 10.2. The number of likely N-dealkylation sites (tertiary alicyclic amines) is 1. The van der Waals surface area contributed by atoms with Crippen LogP contribution in [-0.2, 0) is 6.42 Å². The van der Waals surface area contributed by atoms with Gasteiger partial charge in [-0.1, -0.05) is 18.5 Å². The molecule has 1 aliphatic rings. The Bertz CT molecular complexity index is 1450. The van der Waals surface area contributed by atoms with Crippen LogP contribution < -0.4 is 11.3 Å². The minimum absolute atomic E-state index is 0.0463. The lowest BCUT2D eigenvalue weighted by Gasteiger charge is -2.09. The number of nitriles is 1. The molecule has 1 atom stereocenters. The molecule has 4 N–H and O–H groups in total. The molecule has 1 aliphatic heterocycles. The standard InChI is InChI=1S/C18H13ClN6O.C6H13NO/c1-9-2-17-22-11(8-25(17)7-10(9)6-20)3-16-23-15-5-14(21)13(19)4-12(15)18(26)24-16;1-2-7-4-3-6(8)5-7/h2,4-5,7-8H,3,21H2,1H3,(H,23,24,26);6,8H,2-5H2,1H3. The van der Waals surface area contributed by atoms with E-state index in [2.05, 4.69) is 32.8 Å². The van der Waals surface area contributed by atoms with Crippen molar-refractivity contribution in [2.75, 3.05) is 25.4 Å². The molecule has 34 heavy (non-hydrogen) atoms. The van der Waals surface area contributed by atoms with E-state index >= 15 is 0 Å². The van der Waals surface area contributed by atoms with Gasteiger partial charge in [-0.2, -0.15) is 5.26 Å². The number of nitrogens with zero attached hydrogens (tertiary/aromatic N) is 5. The van der Waals surface area contributed by atoms with Gasteiger partial charge >= 0.3 is 0 Å². The van der Waals surface area contributed by atoms with E-state index in [1.54, 1.807) is 16.7 Å². The summed E-state index contributed by atoms with van der Waals surface area (Å²) in [6, 6.07) is 7.10. The van der Waals surface area contributed by atoms with E-state index in [9.17, 15) is 4.79 Å². The number of anilines is 1. The molecule has 4 aromatic rings. The fraction of sp³-hybridized carbons (Fsp3) is 0.333. The SMILES string of the molecule is CCN1CCC(O)C1.Cc1cc2nc(Cc3nc4cc(N)c(Cl)cc4c(=O)[nH]3)cn2cc1C#N. The highest BCUT2D eigenvalue weighted by atomic mass is 35.5. The van der Waals surface area contributed by atoms with E-state index < -0.39 is 0 Å². The second-order valence-corrected chi connectivity index (χ2v) is 8.80. The van der Waals surface area contributed by atoms with Gasteiger partial charge in [-0.05, 0) is 43.7 Å². The molecule has 3 aromatic heterocycles. The Morgan fingerprint density at radius 1 is 1.32 bits per heavy atom. The summed E-state index contributed by atoms with van der Waals surface area (Å²) in [5.41, 5.74) is 9.29. The van der Waals surface area contributed by atoms with Gasteiger partial charge in [0, 0.05) is 31.9 Å². The number of imidazole rings is 1. The number of aromatic amines is 1. The first-order chi connectivity index (χ1) is 16.3. The number of fused-ring (bicyclic) bond motifs is 2. The van der Waals surface area contributed by atoms with Gasteiger partial charge in [0.05, 0.1) is 39.0 Å². The van der Waals surface area contributed by atoms with E-state index in [-0.39, 0.29) is 11.7 Å². The Labute approximate surface area is 201 Å². The van der Waals surface area contributed by atoms with Crippen LogP contribution in [0.1, 0.15) is 36.0 Å². The van der Waals surface area contributed by atoms with Gasteiger partial charge in [-0.3, -0.25) is 4.79 Å². The fourth-order valence-electron chi connectivity index (χ4n) is 3.96. The van der Waals surface area contributed by atoms with E-state index in [4.69, 9.17) is 27.7 Å². The van der Waals surface area contributed by atoms with Crippen molar-refractivity contribution in [1.29, 1.82) is 5.26 Å². The molecule has 9 nitrogen and oxygen atoms in total. The van der Waals surface area contributed by atoms with E-state index in [1.807, 2.05) is 19.2 Å². The third kappa shape index (κ3) is 5.04. The van der Waals surface area contributed by atoms with Crippen molar-refractivity contribution in [2.45, 2.75) is 32.8 Å². The van der Waals surface area contributed by atoms with E-state index in [1.165, 1.54) is 6.07 Å². The summed E-state index contributed by atoms with van der Waals surface area (Å²) >= 11 is 5.97. The molecule has 1 saturated heterocycles. The molecular formula is C24H26ClN7O2. The Balaban J connectivity index is 0.000000291. The van der Waals surface area contributed by atoms with Gasteiger partial charge in [0.2, 0.25) is 0 Å². The fourth-order valence-corrected chi connectivity index (χ4v) is 4.13. The second kappa shape index (κ2) is 9.81. The van der Waals surface area contributed by atoms with Crippen molar-refractivity contribution in [1.82, 2.24) is 24.3 Å². The molecule has 5 rings (SSSR count). The zero-order chi connectivity index (χ0) is 24.4. The van der Waals surface area contributed by atoms with E-state index in [0.717, 1.165) is 43.0 Å². The number of pyridine rings is 1. The molecule has 4 heterocycles. The maximum Gasteiger partial charge on any atom is 0.258 e. The maximum atomic E-state index is 12.3. The summed E-state index contributed by atoms with van der Waals surface area (Å²) in [6.45, 7) is 7.04. The normalized spacial score (nSPS) is 15.9. The molecule has 10 heteroatoms. The molecule has 0 amide bonds. The summed E-state index contributed by atoms with van der Waals surface area (Å²) in [5.74, 6) is 0.477. The Morgan fingerprint density at radius 3 is 2.76 bits per heavy atom. The topological polar surface area (TPSA) is 136 Å². The van der Waals surface area contributed by atoms with Crippen LogP contribution in [0.2, 0.25) is 5.02 Å². The molecular weight excluding hydrogens is 454 g/mol. The molecule has 1 fully saturated rings. The highest BCUT2D eigenvalue weighted by Gasteiger charge is 2.17. The predicted octanol–water partition coefficient (Wildman–Crippen LogP) is 2.65. The van der Waals surface area contributed by atoms with E-state index in [0.29, 0.717) is 39.4 Å². The monoisotopic (exact) mass is 479 g/mol. The largest absolute Gasteiger partial charge is 0.397 e. The number of β-amino-alcohol motifs (C(OH)–C–C–N with tert-alkyl or cyclic N) is 1. The molecule has 0 saturated carbocycles. The molecule has 0 aliphatic carbocycles. The van der Waals surface area contributed by atoms with Crippen LogP contribution in [-0.4, -0.2) is 55.1 Å². The number of aliphatic hydroxyl groups excluding tert-OH is 1. The second-order valence-electron chi connectivity index (χ2n) is 8.40. The number of hydrogen-bond donors (Lipinski definition) is 3. The molecule has 176 valence electrons. The number of aromatic nitrogens is 4. The number of hydrogen-bond acceptors (Lipinski definition) is 7. The average Bonchev–Trinajstić information content (AvgIpc) is 3.39. The number of likely N-dealkylation sites (N-methyl/N-ethyl adjacent to an activating group) is 1. The van der Waals surface area contributed by atoms with Crippen LogP contribution in [0.3, 0.4) is 0 Å². The summed E-state index contributed by atoms with van der Waals surface area (Å²) in [4.78, 5) is 26.3. The highest BCUT2D eigenvalue weighted by Crippen LogP contribution is 2.23. The first-order valence-corrected chi connectivity index (χ1v) is 11.4. The number of halogens is 1. The quantitative estimate of drug-likeness (QED) is 0.384. The van der Waals surface area contributed by atoms with Gasteiger partial charge in [0.15, 0.2) is 0 Å². The first-order valence-electron chi connectivity index (χ1n) is 11.0. The molecule has 0 bridgehead atoms. The van der Waals surface area contributed by atoms with Gasteiger partial charge in [-0.25, -0.2) is 9.97 Å². The molecule has 1 unspecified atom stereocenters. The van der Waals surface area contributed by atoms with Crippen molar-refractivity contribution >= 4 is 33.8 Å². The van der Waals surface area contributed by atoms with Crippen LogP contribution in [0, 0.1) is 18.3 Å². The third-order valence-corrected chi connectivity index (χ3v) is 6.21. The maximum absolute atomic E-state index is 12.3. The zero-order valence-electron chi connectivity index (χ0n) is 19.0. The van der Waals surface area contributed by atoms with Crippen molar-refractivity contribution in [2.24, 2.45) is 0 Å². The smallest absolute Gasteiger partial charge is 0.258 e. The number of benzene rings is 1. The first kappa shape index (κ1) is 23.7. The van der Waals surface area contributed by atoms with Gasteiger partial charge in [0.1, 0.15) is 17.5 Å². The number of nitrogen functional groups attached to an aromatic ring is 1. The van der Waals surface area contributed by atoms with Gasteiger partial charge in [0.25, 0.3) is 5.56 Å². The summed E-state index contributed by atoms with van der Waals surface area (Å²) in [7, 11) is 0. The number of aryl methyl sites for hydroxylation is 1. The minimum atomic E-state index is -0.279. The lowest BCUT2D eigenvalue weighted by molar-refractivity contribution is 0.178. The van der Waals surface area contributed by atoms with Gasteiger partial charge < -0.3 is 25.1 Å². The molecule has 1 aromatic carbocycles. The number of nitrogens with two attached hydrogens (primary N) is 1. The Morgan fingerprint density at radius 2 is 2.12 bits per heavy atom. The lowest BCUT2D eigenvalue weighted by Crippen LogP contribution is -2.21. The van der Waals surface area contributed by atoms with Crippen LogP contribution in [0.15, 0.2) is 35.4 Å². The summed E-state index contributed by atoms with van der Waals surface area (Å²) < 4.78 is 1.79. The van der Waals surface area contributed by atoms with Crippen molar-refractivity contribution in [3.05, 3.63) is 68.6 Å². The zero-order valence-corrected chi connectivity index (χ0v) is 19.8. The van der Waals surface area contributed by atoms with Crippen LogP contribution in [0.4, 0.5) is 5.69 Å². The number of aliphatic hydroxyl groups is 1. The van der Waals surface area contributed by atoms with Crippen LogP contribution in [0.25, 0.3) is 16.6 Å². The number of rotatable bonds is 3. The number of nitrogens with one attached hydrogen (secondary N) is 1. The Hall–Kier alpha value is -3.45. The van der Waals surface area contributed by atoms with Crippen molar-refractivity contribution in [3.63, 3.8) is 0 Å².